The van der Waals surface area contributed by atoms with Crippen molar-refractivity contribution in [3.63, 3.8) is 0 Å². The molecule has 4 heteroatoms. The molecule has 0 aromatic heterocycles. The minimum Gasteiger partial charge on any atom is -0.461 e. The Morgan fingerprint density at radius 3 is 2.29 bits per heavy atom. The summed E-state index contributed by atoms with van der Waals surface area (Å²) in [5.74, 6) is -0.202. The molecule has 0 radical (unpaired) electrons. The third kappa shape index (κ3) is 4.28. The first-order chi connectivity index (χ1) is 8.24. The molecule has 2 aliphatic carbocycles. The second-order valence-corrected chi connectivity index (χ2v) is 5.24. The highest BCUT2D eigenvalue weighted by atomic mass is 16.6. The molecule has 0 amide bonds. The van der Waals surface area contributed by atoms with Crippen LogP contribution >= 0.6 is 0 Å². The van der Waals surface area contributed by atoms with E-state index in [1.807, 2.05) is 0 Å². The van der Waals surface area contributed by atoms with E-state index < -0.39 is 0 Å². The molecule has 2 saturated carbocycles. The van der Waals surface area contributed by atoms with Crippen LogP contribution in [0, 0.1) is 0 Å². The lowest BCUT2D eigenvalue weighted by molar-refractivity contribution is -0.156. The van der Waals surface area contributed by atoms with E-state index in [0.717, 1.165) is 38.5 Å². The number of rotatable bonds is 4. The molecule has 0 atom stereocenters. The first kappa shape index (κ1) is 12.8. The maximum atomic E-state index is 11.5. The van der Waals surface area contributed by atoms with Gasteiger partial charge in [-0.25, -0.2) is 4.79 Å². The topological polar surface area (TPSA) is 61.5 Å². The van der Waals surface area contributed by atoms with E-state index in [-0.39, 0.29) is 24.8 Å². The Morgan fingerprint density at radius 1 is 1.00 bits per heavy atom. The molecule has 0 unspecified atom stereocenters. The third-order valence-electron chi connectivity index (χ3n) is 3.76. The van der Waals surface area contributed by atoms with E-state index in [1.165, 1.54) is 12.8 Å². The van der Waals surface area contributed by atoms with Crippen LogP contribution in [0.5, 0.6) is 0 Å². The molecule has 0 aromatic carbocycles. The number of ether oxygens (including phenoxy) is 2. The molecule has 2 aliphatic rings. The molecule has 0 heterocycles. The van der Waals surface area contributed by atoms with Gasteiger partial charge in [0, 0.05) is 6.04 Å². The van der Waals surface area contributed by atoms with Gasteiger partial charge < -0.3 is 15.2 Å². The Hall–Kier alpha value is -0.610. The number of nitrogens with two attached hydrogens (primary N) is 1. The SMILES string of the molecule is NC1CCC(OCC(=O)OC2CCCC2)CC1. The van der Waals surface area contributed by atoms with E-state index in [9.17, 15) is 4.79 Å². The van der Waals surface area contributed by atoms with Crippen LogP contribution in [0.4, 0.5) is 0 Å². The van der Waals surface area contributed by atoms with Crippen LogP contribution < -0.4 is 5.73 Å². The molecule has 2 N–H and O–H groups in total. The van der Waals surface area contributed by atoms with Crippen LogP contribution in [-0.4, -0.2) is 30.8 Å². The molecule has 2 fully saturated rings. The quantitative estimate of drug-likeness (QED) is 0.762. The second-order valence-electron chi connectivity index (χ2n) is 5.24. The van der Waals surface area contributed by atoms with Gasteiger partial charge >= 0.3 is 5.97 Å². The summed E-state index contributed by atoms with van der Waals surface area (Å²) in [7, 11) is 0. The Labute approximate surface area is 103 Å². The van der Waals surface area contributed by atoms with Gasteiger partial charge in [0.15, 0.2) is 0 Å². The van der Waals surface area contributed by atoms with Gasteiger partial charge in [0.25, 0.3) is 0 Å². The minimum atomic E-state index is -0.202. The molecule has 0 bridgehead atoms. The van der Waals surface area contributed by atoms with Gasteiger partial charge in [-0.3, -0.25) is 0 Å². The highest BCUT2D eigenvalue weighted by Crippen LogP contribution is 2.22. The molecule has 2 rings (SSSR count). The van der Waals surface area contributed by atoms with E-state index in [0.29, 0.717) is 6.04 Å². The van der Waals surface area contributed by atoms with E-state index in [4.69, 9.17) is 15.2 Å². The lowest BCUT2D eigenvalue weighted by Gasteiger charge is -2.25. The van der Waals surface area contributed by atoms with Gasteiger partial charge in [-0.05, 0) is 51.4 Å². The zero-order valence-corrected chi connectivity index (χ0v) is 10.4. The summed E-state index contributed by atoms with van der Waals surface area (Å²) in [6.45, 7) is 0.108. The van der Waals surface area contributed by atoms with Crippen LogP contribution in [0.2, 0.25) is 0 Å². The summed E-state index contributed by atoms with van der Waals surface area (Å²) in [5, 5.41) is 0. The second kappa shape index (κ2) is 6.36. The zero-order valence-electron chi connectivity index (χ0n) is 10.4. The largest absolute Gasteiger partial charge is 0.461 e. The predicted molar refractivity (Wildman–Crippen MR) is 64.5 cm³/mol. The zero-order chi connectivity index (χ0) is 12.1. The normalized spacial score (nSPS) is 30.4. The van der Waals surface area contributed by atoms with E-state index in [2.05, 4.69) is 0 Å². The first-order valence-corrected chi connectivity index (χ1v) is 6.80. The fourth-order valence-electron chi connectivity index (χ4n) is 2.67. The molecule has 0 spiro atoms. The fraction of sp³-hybridized carbons (Fsp3) is 0.923. The fourth-order valence-corrected chi connectivity index (χ4v) is 2.67. The van der Waals surface area contributed by atoms with Crippen LogP contribution in [-0.2, 0) is 14.3 Å². The third-order valence-corrected chi connectivity index (χ3v) is 3.76. The molecule has 0 saturated heterocycles. The molecular weight excluding hydrogens is 218 g/mol. The number of carbonyl (C=O) groups excluding carboxylic acids is 1. The highest BCUT2D eigenvalue weighted by Gasteiger charge is 2.22. The average molecular weight is 241 g/mol. The van der Waals surface area contributed by atoms with Crippen LogP contribution in [0.25, 0.3) is 0 Å². The summed E-state index contributed by atoms with van der Waals surface area (Å²) < 4.78 is 10.9. The van der Waals surface area contributed by atoms with Crippen molar-refractivity contribution in [2.24, 2.45) is 5.73 Å². The van der Waals surface area contributed by atoms with Crippen molar-refractivity contribution in [2.45, 2.75) is 69.6 Å². The van der Waals surface area contributed by atoms with Crippen molar-refractivity contribution in [1.29, 1.82) is 0 Å². The Bertz CT molecular complexity index is 243. The summed E-state index contributed by atoms with van der Waals surface area (Å²) in [6, 6.07) is 0.320. The van der Waals surface area contributed by atoms with Crippen molar-refractivity contribution in [3.8, 4) is 0 Å². The number of hydrogen-bond acceptors (Lipinski definition) is 4. The predicted octanol–water partition coefficient (Wildman–Crippen LogP) is 1.76. The van der Waals surface area contributed by atoms with Crippen molar-refractivity contribution in [3.05, 3.63) is 0 Å². The van der Waals surface area contributed by atoms with Crippen molar-refractivity contribution in [2.75, 3.05) is 6.61 Å². The molecule has 17 heavy (non-hydrogen) atoms. The summed E-state index contributed by atoms with van der Waals surface area (Å²) in [4.78, 5) is 11.5. The van der Waals surface area contributed by atoms with Crippen LogP contribution in [0.3, 0.4) is 0 Å². The lowest BCUT2D eigenvalue weighted by atomic mass is 9.94. The first-order valence-electron chi connectivity index (χ1n) is 6.80. The Balaban J connectivity index is 1.59. The smallest absolute Gasteiger partial charge is 0.332 e. The van der Waals surface area contributed by atoms with E-state index >= 15 is 0 Å². The van der Waals surface area contributed by atoms with Gasteiger partial charge in [-0.1, -0.05) is 0 Å². The maximum absolute atomic E-state index is 11.5. The number of esters is 1. The van der Waals surface area contributed by atoms with Gasteiger partial charge in [0.05, 0.1) is 6.10 Å². The van der Waals surface area contributed by atoms with E-state index in [1.54, 1.807) is 0 Å². The van der Waals surface area contributed by atoms with Crippen molar-refractivity contribution in [1.82, 2.24) is 0 Å². The average Bonchev–Trinajstić information content (AvgIpc) is 2.81. The molecule has 4 nitrogen and oxygen atoms in total. The molecule has 0 aromatic rings. The molecule has 98 valence electrons. The van der Waals surface area contributed by atoms with Crippen LogP contribution in [0.15, 0.2) is 0 Å². The molecular formula is C13H23NO3. The maximum Gasteiger partial charge on any atom is 0.332 e. The Morgan fingerprint density at radius 2 is 1.65 bits per heavy atom. The Kier molecular flexibility index (Phi) is 4.80. The van der Waals surface area contributed by atoms with Gasteiger partial charge in [-0.2, -0.15) is 0 Å². The van der Waals surface area contributed by atoms with Crippen LogP contribution in [0.1, 0.15) is 51.4 Å². The number of carbonyl (C=O) groups is 1. The monoisotopic (exact) mass is 241 g/mol. The minimum absolute atomic E-state index is 0.108. The summed E-state index contributed by atoms with van der Waals surface area (Å²) in [5.41, 5.74) is 5.81. The molecule has 0 aliphatic heterocycles. The van der Waals surface area contributed by atoms with Crippen molar-refractivity contribution >= 4 is 5.97 Å². The number of hydrogen-bond donors (Lipinski definition) is 1. The summed E-state index contributed by atoms with van der Waals surface area (Å²) in [6.07, 6.45) is 8.68. The lowest BCUT2D eigenvalue weighted by Crippen LogP contribution is -2.31. The highest BCUT2D eigenvalue weighted by molar-refractivity contribution is 5.70. The van der Waals surface area contributed by atoms with Crippen molar-refractivity contribution < 1.29 is 14.3 Å². The standard InChI is InChI=1S/C13H23NO3/c14-10-5-7-11(8-6-10)16-9-13(15)17-12-3-1-2-4-12/h10-12H,1-9,14H2. The van der Waals surface area contributed by atoms with Gasteiger partial charge in [0.2, 0.25) is 0 Å². The van der Waals surface area contributed by atoms with Gasteiger partial charge in [0.1, 0.15) is 12.7 Å². The summed E-state index contributed by atoms with van der Waals surface area (Å²) >= 11 is 0. The van der Waals surface area contributed by atoms with Gasteiger partial charge in [-0.15, -0.1) is 0 Å².